The lowest BCUT2D eigenvalue weighted by atomic mass is 9.67. The Labute approximate surface area is 193 Å². The van der Waals surface area contributed by atoms with Gasteiger partial charge in [-0.2, -0.15) is 0 Å². The molecule has 1 aromatic rings. The predicted molar refractivity (Wildman–Crippen MR) is 130 cm³/mol. The molecule has 6 heteroatoms. The molecule has 5 nitrogen and oxygen atoms in total. The number of aliphatic imine (C=N–C) groups is 1. The number of hydrogen-bond donors (Lipinski definition) is 2. The number of nitrogens with one attached hydrogen (secondary N) is 2. The second kappa shape index (κ2) is 12.1. The predicted octanol–water partition coefficient (Wildman–Crippen LogP) is 4.45. The number of hydrogen-bond acceptors (Lipinski definition) is 3. The van der Waals surface area contributed by atoms with Gasteiger partial charge in [0.05, 0.1) is 6.10 Å². The first kappa shape index (κ1) is 24.4. The number of halogens is 1. The molecule has 3 rings (SSSR count). The standard InChI is InChI=1S/C23H37N3O2.HI/c1-18-7-9-19(10-8-18)21-20(6-4-14-28-21)16-25-22(24-2)26-17-23(11-5-12-23)13-15-27-3;/h7-10,20-21H,4-6,11-17H2,1-3H3,(H2,24,25,26);1H. The van der Waals surface area contributed by atoms with Crippen LogP contribution in [-0.2, 0) is 9.47 Å². The molecule has 164 valence electrons. The molecule has 0 radical (unpaired) electrons. The van der Waals surface area contributed by atoms with E-state index >= 15 is 0 Å². The molecule has 2 aliphatic rings. The number of guanidine groups is 1. The van der Waals surface area contributed by atoms with E-state index in [2.05, 4.69) is 46.8 Å². The summed E-state index contributed by atoms with van der Waals surface area (Å²) in [6.45, 7) is 5.67. The number of benzene rings is 1. The van der Waals surface area contributed by atoms with Gasteiger partial charge in [0.1, 0.15) is 0 Å². The van der Waals surface area contributed by atoms with Gasteiger partial charge >= 0.3 is 0 Å². The smallest absolute Gasteiger partial charge is 0.191 e. The van der Waals surface area contributed by atoms with Gasteiger partial charge < -0.3 is 20.1 Å². The van der Waals surface area contributed by atoms with Crippen molar-refractivity contribution in [2.45, 2.75) is 51.6 Å². The fourth-order valence-corrected chi connectivity index (χ4v) is 4.41. The van der Waals surface area contributed by atoms with Gasteiger partial charge in [-0.05, 0) is 50.0 Å². The van der Waals surface area contributed by atoms with Crippen LogP contribution >= 0.6 is 24.0 Å². The third kappa shape index (κ3) is 6.82. The van der Waals surface area contributed by atoms with Crippen LogP contribution in [0.15, 0.2) is 29.3 Å². The molecule has 0 amide bonds. The summed E-state index contributed by atoms with van der Waals surface area (Å²) in [5.41, 5.74) is 2.96. The van der Waals surface area contributed by atoms with Crippen LogP contribution in [0.3, 0.4) is 0 Å². The highest BCUT2D eigenvalue weighted by Gasteiger charge is 2.36. The van der Waals surface area contributed by atoms with Crippen LogP contribution in [-0.4, -0.2) is 46.4 Å². The van der Waals surface area contributed by atoms with Gasteiger partial charge in [-0.1, -0.05) is 36.2 Å². The summed E-state index contributed by atoms with van der Waals surface area (Å²) in [4.78, 5) is 4.45. The van der Waals surface area contributed by atoms with E-state index in [1.54, 1.807) is 7.11 Å². The average Bonchev–Trinajstić information content (AvgIpc) is 2.70. The molecule has 0 spiro atoms. The highest BCUT2D eigenvalue weighted by molar-refractivity contribution is 14.0. The molecule has 1 saturated heterocycles. The van der Waals surface area contributed by atoms with Crippen LogP contribution in [0.5, 0.6) is 0 Å². The lowest BCUT2D eigenvalue weighted by molar-refractivity contribution is -0.0265. The van der Waals surface area contributed by atoms with Crippen LogP contribution in [0.2, 0.25) is 0 Å². The highest BCUT2D eigenvalue weighted by Crippen LogP contribution is 2.43. The summed E-state index contributed by atoms with van der Waals surface area (Å²) >= 11 is 0. The molecular formula is C23H38IN3O2. The van der Waals surface area contributed by atoms with E-state index in [4.69, 9.17) is 9.47 Å². The van der Waals surface area contributed by atoms with Gasteiger partial charge in [0.15, 0.2) is 5.96 Å². The Morgan fingerprint density at radius 2 is 1.97 bits per heavy atom. The molecule has 1 aliphatic carbocycles. The van der Waals surface area contributed by atoms with Crippen molar-refractivity contribution in [2.24, 2.45) is 16.3 Å². The number of aryl methyl sites for hydroxylation is 1. The van der Waals surface area contributed by atoms with Crippen molar-refractivity contribution in [3.63, 3.8) is 0 Å². The van der Waals surface area contributed by atoms with Crippen LogP contribution < -0.4 is 10.6 Å². The second-order valence-corrected chi connectivity index (χ2v) is 8.51. The zero-order chi connectivity index (χ0) is 19.8. The van der Waals surface area contributed by atoms with Gasteiger partial charge in [0.25, 0.3) is 0 Å². The van der Waals surface area contributed by atoms with Crippen molar-refractivity contribution in [3.05, 3.63) is 35.4 Å². The van der Waals surface area contributed by atoms with E-state index < -0.39 is 0 Å². The van der Waals surface area contributed by atoms with Crippen LogP contribution in [0.1, 0.15) is 55.8 Å². The first-order valence-electron chi connectivity index (χ1n) is 10.8. The third-order valence-electron chi connectivity index (χ3n) is 6.49. The SMILES string of the molecule is CN=C(NCC1CCCOC1c1ccc(C)cc1)NCC1(CCOC)CCC1.I. The molecule has 1 aromatic carbocycles. The van der Waals surface area contributed by atoms with Gasteiger partial charge in [0, 0.05) is 46.4 Å². The van der Waals surface area contributed by atoms with E-state index in [-0.39, 0.29) is 30.1 Å². The minimum atomic E-state index is 0. The Kier molecular flexibility index (Phi) is 10.2. The molecule has 1 heterocycles. The van der Waals surface area contributed by atoms with Crippen LogP contribution in [0.4, 0.5) is 0 Å². The van der Waals surface area contributed by atoms with Crippen molar-refractivity contribution in [1.82, 2.24) is 10.6 Å². The average molecular weight is 515 g/mol. The first-order chi connectivity index (χ1) is 13.7. The van der Waals surface area contributed by atoms with Crippen molar-refractivity contribution in [2.75, 3.05) is 40.5 Å². The van der Waals surface area contributed by atoms with E-state index in [0.717, 1.165) is 45.1 Å². The van der Waals surface area contributed by atoms with Gasteiger partial charge in [0.2, 0.25) is 0 Å². The maximum absolute atomic E-state index is 6.15. The molecule has 2 unspecified atom stereocenters. The van der Waals surface area contributed by atoms with Crippen molar-refractivity contribution >= 4 is 29.9 Å². The van der Waals surface area contributed by atoms with Crippen LogP contribution in [0.25, 0.3) is 0 Å². The Bertz CT molecular complexity index is 632. The molecule has 2 N–H and O–H groups in total. The lowest BCUT2D eigenvalue weighted by Crippen LogP contribution is -2.48. The Morgan fingerprint density at radius 3 is 2.59 bits per heavy atom. The van der Waals surface area contributed by atoms with E-state index in [1.807, 2.05) is 7.05 Å². The summed E-state index contributed by atoms with van der Waals surface area (Å²) in [6.07, 6.45) is 7.49. The number of methoxy groups -OCH3 is 1. The van der Waals surface area contributed by atoms with Crippen molar-refractivity contribution in [1.29, 1.82) is 0 Å². The number of ether oxygens (including phenoxy) is 2. The summed E-state index contributed by atoms with van der Waals surface area (Å²) < 4.78 is 11.5. The quantitative estimate of drug-likeness (QED) is 0.305. The van der Waals surface area contributed by atoms with Gasteiger partial charge in [-0.15, -0.1) is 24.0 Å². The normalized spacial score (nSPS) is 23.6. The van der Waals surface area contributed by atoms with Crippen molar-refractivity contribution < 1.29 is 9.47 Å². The molecule has 0 bridgehead atoms. The maximum atomic E-state index is 6.15. The van der Waals surface area contributed by atoms with Crippen molar-refractivity contribution in [3.8, 4) is 0 Å². The van der Waals surface area contributed by atoms with E-state index in [9.17, 15) is 0 Å². The molecular weight excluding hydrogens is 477 g/mol. The molecule has 0 aromatic heterocycles. The third-order valence-corrected chi connectivity index (χ3v) is 6.49. The van der Waals surface area contributed by atoms with E-state index in [0.29, 0.717) is 11.3 Å². The Morgan fingerprint density at radius 1 is 1.21 bits per heavy atom. The molecule has 29 heavy (non-hydrogen) atoms. The van der Waals surface area contributed by atoms with Gasteiger partial charge in [-0.25, -0.2) is 0 Å². The maximum Gasteiger partial charge on any atom is 0.191 e. The number of nitrogens with zero attached hydrogens (tertiary/aromatic N) is 1. The summed E-state index contributed by atoms with van der Waals surface area (Å²) in [6, 6.07) is 8.77. The largest absolute Gasteiger partial charge is 0.385 e. The minimum Gasteiger partial charge on any atom is -0.385 e. The van der Waals surface area contributed by atoms with E-state index in [1.165, 1.54) is 36.8 Å². The minimum absolute atomic E-state index is 0. The van der Waals surface area contributed by atoms with Crippen LogP contribution in [0, 0.1) is 18.3 Å². The second-order valence-electron chi connectivity index (χ2n) is 8.51. The van der Waals surface area contributed by atoms with Gasteiger partial charge in [-0.3, -0.25) is 4.99 Å². The highest BCUT2D eigenvalue weighted by atomic mass is 127. The lowest BCUT2D eigenvalue weighted by Gasteiger charge is -2.42. The topological polar surface area (TPSA) is 54.9 Å². The first-order valence-corrected chi connectivity index (χ1v) is 10.8. The Hall–Kier alpha value is -0.860. The fourth-order valence-electron chi connectivity index (χ4n) is 4.41. The fraction of sp³-hybridized carbons (Fsp3) is 0.696. The molecule has 1 aliphatic heterocycles. The summed E-state index contributed by atoms with van der Waals surface area (Å²) in [7, 11) is 3.64. The monoisotopic (exact) mass is 515 g/mol. The zero-order valence-corrected chi connectivity index (χ0v) is 20.5. The molecule has 2 atom stereocenters. The molecule has 1 saturated carbocycles. The number of rotatable bonds is 8. The zero-order valence-electron chi connectivity index (χ0n) is 18.2. The Balaban J connectivity index is 0.00000300. The molecule has 2 fully saturated rings. The summed E-state index contributed by atoms with van der Waals surface area (Å²) in [5.74, 6) is 1.36. The summed E-state index contributed by atoms with van der Waals surface area (Å²) in [5, 5.41) is 7.12.